The lowest BCUT2D eigenvalue weighted by Crippen LogP contribution is -2.23. The molecule has 1 aliphatic carbocycles. The van der Waals surface area contributed by atoms with E-state index in [1.54, 1.807) is 13.0 Å². The summed E-state index contributed by atoms with van der Waals surface area (Å²) in [5.41, 5.74) is 2.12. The van der Waals surface area contributed by atoms with Crippen LogP contribution in [0.3, 0.4) is 0 Å². The molecule has 1 aromatic heterocycles. The van der Waals surface area contributed by atoms with Crippen LogP contribution in [0.25, 0.3) is 0 Å². The van der Waals surface area contributed by atoms with Crippen LogP contribution in [-0.2, 0) is 0 Å². The molecule has 1 fully saturated rings. The zero-order valence-corrected chi connectivity index (χ0v) is 11.3. The molecule has 104 valence electrons. The molecule has 0 bridgehead atoms. The minimum Gasteiger partial charge on any atom is -0.478 e. The maximum Gasteiger partial charge on any atom is 0.339 e. The first-order valence-corrected chi connectivity index (χ1v) is 6.62. The van der Waals surface area contributed by atoms with Gasteiger partial charge in [0.25, 0.3) is 0 Å². The summed E-state index contributed by atoms with van der Waals surface area (Å²) in [7, 11) is 0. The van der Waals surface area contributed by atoms with Crippen LogP contribution in [0.15, 0.2) is 6.07 Å². The Morgan fingerprint density at radius 3 is 2.79 bits per heavy atom. The second-order valence-electron chi connectivity index (χ2n) is 5.22. The number of hydrogen-bond acceptors (Lipinski definition) is 4. The predicted molar refractivity (Wildman–Crippen MR) is 72.5 cm³/mol. The van der Waals surface area contributed by atoms with Crippen molar-refractivity contribution in [1.29, 1.82) is 0 Å². The van der Waals surface area contributed by atoms with Crippen molar-refractivity contribution in [3.8, 4) is 0 Å². The van der Waals surface area contributed by atoms with Gasteiger partial charge in [0.05, 0.1) is 17.5 Å². The van der Waals surface area contributed by atoms with Crippen molar-refractivity contribution in [2.75, 3.05) is 11.9 Å². The van der Waals surface area contributed by atoms with Crippen molar-refractivity contribution in [2.24, 2.45) is 5.92 Å². The molecular weight excluding hydrogens is 244 g/mol. The van der Waals surface area contributed by atoms with Crippen molar-refractivity contribution < 1.29 is 15.0 Å². The quantitative estimate of drug-likeness (QED) is 0.774. The first-order valence-electron chi connectivity index (χ1n) is 6.62. The first kappa shape index (κ1) is 13.8. The Hall–Kier alpha value is -1.62. The van der Waals surface area contributed by atoms with Crippen LogP contribution in [0.2, 0.25) is 0 Å². The van der Waals surface area contributed by atoms with E-state index in [9.17, 15) is 15.0 Å². The minimum absolute atomic E-state index is 0.204. The van der Waals surface area contributed by atoms with Gasteiger partial charge in [-0.05, 0) is 32.8 Å². The molecule has 0 saturated heterocycles. The van der Waals surface area contributed by atoms with Crippen molar-refractivity contribution in [3.63, 3.8) is 0 Å². The molecule has 0 aromatic carbocycles. The topological polar surface area (TPSA) is 82.5 Å². The number of carboxylic acids is 1. The van der Waals surface area contributed by atoms with E-state index < -0.39 is 5.97 Å². The van der Waals surface area contributed by atoms with Crippen molar-refractivity contribution in [3.05, 3.63) is 23.0 Å². The Balaban J connectivity index is 2.17. The largest absolute Gasteiger partial charge is 0.478 e. The number of aryl methyl sites for hydroxylation is 2. The highest BCUT2D eigenvalue weighted by Crippen LogP contribution is 2.27. The average molecular weight is 264 g/mol. The fraction of sp³-hybridized carbons (Fsp3) is 0.571. The average Bonchev–Trinajstić information content (AvgIpc) is 2.70. The number of aliphatic hydroxyl groups is 1. The number of carbonyl (C=O) groups is 1. The molecule has 2 unspecified atom stereocenters. The van der Waals surface area contributed by atoms with Gasteiger partial charge in [-0.25, -0.2) is 4.79 Å². The second kappa shape index (κ2) is 5.57. The molecule has 0 amide bonds. The second-order valence-corrected chi connectivity index (χ2v) is 5.22. The summed E-state index contributed by atoms with van der Waals surface area (Å²) in [6.07, 6.45) is 2.59. The van der Waals surface area contributed by atoms with Crippen LogP contribution >= 0.6 is 0 Å². The Kier molecular flexibility index (Phi) is 4.04. The van der Waals surface area contributed by atoms with E-state index in [1.165, 1.54) is 0 Å². The lowest BCUT2D eigenvalue weighted by Gasteiger charge is -2.18. The van der Waals surface area contributed by atoms with Crippen LogP contribution in [0.5, 0.6) is 0 Å². The molecule has 0 radical (unpaired) electrons. The molecule has 1 heterocycles. The number of aromatic carboxylic acids is 1. The monoisotopic (exact) mass is 264 g/mol. The molecule has 5 heteroatoms. The molecular formula is C14H20N2O3. The van der Waals surface area contributed by atoms with Gasteiger partial charge in [0, 0.05) is 18.2 Å². The number of aliphatic hydroxyl groups excluding tert-OH is 1. The molecule has 0 spiro atoms. The van der Waals surface area contributed by atoms with Gasteiger partial charge in [-0.15, -0.1) is 0 Å². The fourth-order valence-corrected chi connectivity index (χ4v) is 2.73. The van der Waals surface area contributed by atoms with Gasteiger partial charge in [0.1, 0.15) is 5.56 Å². The number of anilines is 1. The van der Waals surface area contributed by atoms with E-state index in [-0.39, 0.29) is 17.6 Å². The van der Waals surface area contributed by atoms with Crippen LogP contribution in [0, 0.1) is 19.8 Å². The third kappa shape index (κ3) is 3.04. The van der Waals surface area contributed by atoms with Gasteiger partial charge >= 0.3 is 5.97 Å². The van der Waals surface area contributed by atoms with E-state index in [0.29, 0.717) is 17.9 Å². The molecule has 3 N–H and O–H groups in total. The number of carboxylic acid groups (broad SMARTS) is 1. The predicted octanol–water partition coefficient (Wildman–Crippen LogP) is 1.97. The fourth-order valence-electron chi connectivity index (χ4n) is 2.73. The summed E-state index contributed by atoms with van der Waals surface area (Å²) in [5, 5.41) is 22.2. The van der Waals surface area contributed by atoms with E-state index in [4.69, 9.17) is 0 Å². The number of pyridine rings is 1. The minimum atomic E-state index is -0.973. The smallest absolute Gasteiger partial charge is 0.339 e. The Morgan fingerprint density at radius 1 is 1.47 bits per heavy atom. The van der Waals surface area contributed by atoms with Crippen LogP contribution in [-0.4, -0.2) is 33.8 Å². The number of nitrogens with one attached hydrogen (secondary N) is 1. The van der Waals surface area contributed by atoms with Crippen molar-refractivity contribution in [2.45, 2.75) is 39.2 Å². The molecule has 2 atom stereocenters. The molecule has 1 saturated carbocycles. The Bertz CT molecular complexity index is 488. The standard InChI is InChI=1S/C14H20N2O3/c1-8-6-11(13(14(18)19)9(2)16-8)15-7-10-4-3-5-12(10)17/h6,10,12,17H,3-5,7H2,1-2H3,(H,15,16)(H,18,19). The zero-order chi connectivity index (χ0) is 14.0. The highest BCUT2D eigenvalue weighted by Gasteiger charge is 2.25. The summed E-state index contributed by atoms with van der Waals surface area (Å²) >= 11 is 0. The van der Waals surface area contributed by atoms with Gasteiger partial charge in [-0.3, -0.25) is 4.98 Å². The summed E-state index contributed by atoms with van der Waals surface area (Å²) in [6.45, 7) is 4.14. The summed E-state index contributed by atoms with van der Waals surface area (Å²) in [4.78, 5) is 15.5. The van der Waals surface area contributed by atoms with Gasteiger partial charge in [-0.2, -0.15) is 0 Å². The third-order valence-corrected chi connectivity index (χ3v) is 3.72. The zero-order valence-electron chi connectivity index (χ0n) is 11.3. The highest BCUT2D eigenvalue weighted by molar-refractivity contribution is 5.95. The Morgan fingerprint density at radius 2 is 2.21 bits per heavy atom. The van der Waals surface area contributed by atoms with E-state index in [2.05, 4.69) is 10.3 Å². The Labute approximate surface area is 112 Å². The third-order valence-electron chi connectivity index (χ3n) is 3.72. The summed E-state index contributed by atoms with van der Waals surface area (Å²) < 4.78 is 0. The number of hydrogen-bond donors (Lipinski definition) is 3. The lowest BCUT2D eigenvalue weighted by atomic mass is 10.1. The molecule has 1 aliphatic rings. The SMILES string of the molecule is Cc1cc(NCC2CCCC2O)c(C(=O)O)c(C)n1. The van der Waals surface area contributed by atoms with Crippen LogP contribution < -0.4 is 5.32 Å². The maximum atomic E-state index is 11.3. The molecule has 1 aromatic rings. The van der Waals surface area contributed by atoms with Gasteiger partial charge < -0.3 is 15.5 Å². The number of nitrogens with zero attached hydrogens (tertiary/aromatic N) is 1. The van der Waals surface area contributed by atoms with E-state index in [0.717, 1.165) is 25.0 Å². The van der Waals surface area contributed by atoms with Gasteiger partial charge in [0.15, 0.2) is 0 Å². The first-order chi connectivity index (χ1) is 8.99. The lowest BCUT2D eigenvalue weighted by molar-refractivity contribution is 0.0696. The summed E-state index contributed by atoms with van der Waals surface area (Å²) in [6, 6.07) is 1.75. The van der Waals surface area contributed by atoms with Crippen LogP contribution in [0.4, 0.5) is 5.69 Å². The number of rotatable bonds is 4. The molecule has 5 nitrogen and oxygen atoms in total. The summed E-state index contributed by atoms with van der Waals surface area (Å²) in [5.74, 6) is -0.769. The van der Waals surface area contributed by atoms with E-state index in [1.807, 2.05) is 6.92 Å². The molecule has 0 aliphatic heterocycles. The van der Waals surface area contributed by atoms with E-state index >= 15 is 0 Å². The molecule has 19 heavy (non-hydrogen) atoms. The van der Waals surface area contributed by atoms with Crippen molar-refractivity contribution >= 4 is 11.7 Å². The van der Waals surface area contributed by atoms with Crippen molar-refractivity contribution in [1.82, 2.24) is 4.98 Å². The maximum absolute atomic E-state index is 11.3. The molecule has 2 rings (SSSR count). The van der Waals surface area contributed by atoms with Gasteiger partial charge in [-0.1, -0.05) is 6.42 Å². The number of aromatic nitrogens is 1. The van der Waals surface area contributed by atoms with Crippen LogP contribution in [0.1, 0.15) is 41.0 Å². The van der Waals surface area contributed by atoms with Gasteiger partial charge in [0.2, 0.25) is 0 Å². The normalized spacial score (nSPS) is 22.5. The highest BCUT2D eigenvalue weighted by atomic mass is 16.4.